The van der Waals surface area contributed by atoms with Gasteiger partial charge in [-0.05, 0) is 18.2 Å². The molecule has 0 aliphatic carbocycles. The van der Waals surface area contributed by atoms with E-state index in [4.69, 9.17) is 5.73 Å². The van der Waals surface area contributed by atoms with Crippen LogP contribution in [-0.4, -0.2) is 10.9 Å². The van der Waals surface area contributed by atoms with Crippen LogP contribution in [0.15, 0.2) is 36.5 Å². The number of carbonyl (C=O) groups is 1. The van der Waals surface area contributed by atoms with Gasteiger partial charge < -0.3 is 5.73 Å². The van der Waals surface area contributed by atoms with Crippen LogP contribution in [0.3, 0.4) is 0 Å². The van der Waals surface area contributed by atoms with Gasteiger partial charge in [0, 0.05) is 23.1 Å². The lowest BCUT2D eigenvalue weighted by atomic mass is 10.1. The zero-order valence-electron chi connectivity index (χ0n) is 7.90. The normalized spacial score (nSPS) is 9.33. The lowest BCUT2D eigenvalue weighted by Crippen LogP contribution is -2.06. The van der Waals surface area contributed by atoms with Gasteiger partial charge in [0.2, 0.25) is 0 Å². The summed E-state index contributed by atoms with van der Waals surface area (Å²) in [6.07, 6.45) is 1.72. The number of pyridine rings is 1. The highest BCUT2D eigenvalue weighted by molar-refractivity contribution is 5.94. The van der Waals surface area contributed by atoms with Crippen molar-refractivity contribution in [2.24, 2.45) is 5.73 Å². The number of hydrogen-bond acceptors (Lipinski definition) is 2. The molecule has 0 bridgehead atoms. The minimum absolute atomic E-state index is 0.629. The van der Waals surface area contributed by atoms with Crippen LogP contribution in [0.5, 0.6) is 0 Å². The summed E-state index contributed by atoms with van der Waals surface area (Å²) in [6.45, 7) is 0. The van der Waals surface area contributed by atoms with E-state index in [0.717, 1.165) is 16.5 Å². The van der Waals surface area contributed by atoms with Gasteiger partial charge in [-0.1, -0.05) is 18.1 Å². The van der Waals surface area contributed by atoms with Crippen molar-refractivity contribution in [3.8, 4) is 11.8 Å². The van der Waals surface area contributed by atoms with E-state index in [1.807, 2.05) is 30.3 Å². The second-order valence-corrected chi connectivity index (χ2v) is 2.99. The molecular weight excluding hydrogens is 188 g/mol. The van der Waals surface area contributed by atoms with Gasteiger partial charge in [-0.2, -0.15) is 0 Å². The molecule has 0 fully saturated rings. The van der Waals surface area contributed by atoms with Crippen LogP contribution < -0.4 is 5.73 Å². The molecule has 0 atom stereocenters. The van der Waals surface area contributed by atoms with Crippen molar-refractivity contribution in [2.45, 2.75) is 0 Å². The summed E-state index contributed by atoms with van der Waals surface area (Å²) in [7, 11) is 0. The Balaban J connectivity index is 2.63. The lowest BCUT2D eigenvalue weighted by Gasteiger charge is -1.97. The number of aromatic nitrogens is 1. The summed E-state index contributed by atoms with van der Waals surface area (Å²) in [5.41, 5.74) is 6.57. The lowest BCUT2D eigenvalue weighted by molar-refractivity contribution is -0.112. The average Bonchev–Trinajstić information content (AvgIpc) is 2.26. The highest BCUT2D eigenvalue weighted by atomic mass is 16.1. The van der Waals surface area contributed by atoms with Gasteiger partial charge in [-0.15, -0.1) is 0 Å². The third-order valence-corrected chi connectivity index (χ3v) is 1.97. The minimum atomic E-state index is -0.629. The number of rotatable bonds is 0. The molecule has 1 aromatic heterocycles. The predicted molar refractivity (Wildman–Crippen MR) is 57.8 cm³/mol. The van der Waals surface area contributed by atoms with E-state index in [1.54, 1.807) is 6.20 Å². The number of fused-ring (bicyclic) bond motifs is 1. The van der Waals surface area contributed by atoms with E-state index in [0.29, 0.717) is 0 Å². The van der Waals surface area contributed by atoms with E-state index in [2.05, 4.69) is 16.8 Å². The first-order valence-electron chi connectivity index (χ1n) is 4.42. The summed E-state index contributed by atoms with van der Waals surface area (Å²) in [5.74, 6) is 4.41. The zero-order valence-corrected chi connectivity index (χ0v) is 7.90. The summed E-state index contributed by atoms with van der Waals surface area (Å²) >= 11 is 0. The number of nitrogens with zero attached hydrogens (tertiary/aromatic N) is 1. The Morgan fingerprint density at radius 2 is 2.13 bits per heavy atom. The first-order chi connectivity index (χ1) is 7.27. The maximum absolute atomic E-state index is 10.5. The quantitative estimate of drug-likeness (QED) is 0.641. The van der Waals surface area contributed by atoms with Gasteiger partial charge in [0.15, 0.2) is 0 Å². The molecule has 0 unspecified atom stereocenters. The summed E-state index contributed by atoms with van der Waals surface area (Å²) in [4.78, 5) is 14.7. The molecule has 2 aromatic rings. The summed E-state index contributed by atoms with van der Waals surface area (Å²) in [6, 6.07) is 9.32. The van der Waals surface area contributed by atoms with E-state index in [9.17, 15) is 4.79 Å². The van der Waals surface area contributed by atoms with Crippen LogP contribution in [0, 0.1) is 11.8 Å². The third kappa shape index (κ3) is 1.94. The van der Waals surface area contributed by atoms with E-state index in [1.165, 1.54) is 0 Å². The molecule has 3 heteroatoms. The van der Waals surface area contributed by atoms with Crippen molar-refractivity contribution in [3.63, 3.8) is 0 Å². The molecular formula is C12H8N2O. The molecule has 0 aliphatic heterocycles. The van der Waals surface area contributed by atoms with Crippen LogP contribution in [0.1, 0.15) is 5.56 Å². The monoisotopic (exact) mass is 196 g/mol. The smallest absolute Gasteiger partial charge is 0.293 e. The maximum atomic E-state index is 10.5. The SMILES string of the molecule is NC(=O)C#Cc1cccc2ncccc12. The van der Waals surface area contributed by atoms with E-state index < -0.39 is 5.91 Å². The Morgan fingerprint density at radius 3 is 2.93 bits per heavy atom. The third-order valence-electron chi connectivity index (χ3n) is 1.97. The predicted octanol–water partition coefficient (Wildman–Crippen LogP) is 1.07. The highest BCUT2D eigenvalue weighted by Gasteiger charge is 1.97. The second-order valence-electron chi connectivity index (χ2n) is 2.99. The van der Waals surface area contributed by atoms with Crippen molar-refractivity contribution < 1.29 is 4.79 Å². The molecule has 0 aliphatic rings. The minimum Gasteiger partial charge on any atom is -0.359 e. The van der Waals surface area contributed by atoms with Gasteiger partial charge in [0.1, 0.15) is 0 Å². The van der Waals surface area contributed by atoms with Gasteiger partial charge in [-0.25, -0.2) is 0 Å². The van der Waals surface area contributed by atoms with Crippen molar-refractivity contribution in [2.75, 3.05) is 0 Å². The van der Waals surface area contributed by atoms with Crippen LogP contribution in [0.2, 0.25) is 0 Å². The molecule has 0 saturated heterocycles. The van der Waals surface area contributed by atoms with Gasteiger partial charge >= 0.3 is 0 Å². The number of carbonyl (C=O) groups excluding carboxylic acids is 1. The van der Waals surface area contributed by atoms with Crippen LogP contribution >= 0.6 is 0 Å². The first-order valence-corrected chi connectivity index (χ1v) is 4.42. The van der Waals surface area contributed by atoms with Crippen molar-refractivity contribution >= 4 is 16.8 Å². The molecule has 3 nitrogen and oxygen atoms in total. The van der Waals surface area contributed by atoms with E-state index >= 15 is 0 Å². The zero-order chi connectivity index (χ0) is 10.7. The summed E-state index contributed by atoms with van der Waals surface area (Å²) < 4.78 is 0. The number of benzene rings is 1. The maximum Gasteiger partial charge on any atom is 0.293 e. The van der Waals surface area contributed by atoms with Gasteiger partial charge in [0.25, 0.3) is 5.91 Å². The average molecular weight is 196 g/mol. The molecule has 0 radical (unpaired) electrons. The highest BCUT2D eigenvalue weighted by Crippen LogP contribution is 2.14. The van der Waals surface area contributed by atoms with Crippen LogP contribution in [0.25, 0.3) is 10.9 Å². The summed E-state index contributed by atoms with van der Waals surface area (Å²) in [5, 5.41) is 0.925. The molecule has 15 heavy (non-hydrogen) atoms. The fraction of sp³-hybridized carbons (Fsp3) is 0. The molecule has 1 aromatic carbocycles. The molecule has 2 N–H and O–H groups in total. The molecule has 0 spiro atoms. The van der Waals surface area contributed by atoms with E-state index in [-0.39, 0.29) is 0 Å². The topological polar surface area (TPSA) is 56.0 Å². The largest absolute Gasteiger partial charge is 0.359 e. The van der Waals surface area contributed by atoms with Crippen LogP contribution in [-0.2, 0) is 4.79 Å². The van der Waals surface area contributed by atoms with Crippen molar-refractivity contribution in [1.82, 2.24) is 4.98 Å². The number of nitrogens with two attached hydrogens (primary N) is 1. The molecule has 2 rings (SSSR count). The number of amides is 1. The molecule has 1 heterocycles. The Labute approximate surface area is 86.9 Å². The Bertz CT molecular complexity index is 573. The standard InChI is InChI=1S/C12H8N2O/c13-12(15)7-6-9-3-1-5-11-10(9)4-2-8-14-11/h1-5,8H,(H2,13,15). The molecule has 0 saturated carbocycles. The fourth-order valence-corrected chi connectivity index (χ4v) is 1.34. The fourth-order valence-electron chi connectivity index (χ4n) is 1.34. The van der Waals surface area contributed by atoms with Gasteiger partial charge in [-0.3, -0.25) is 9.78 Å². The van der Waals surface area contributed by atoms with Crippen molar-refractivity contribution in [1.29, 1.82) is 0 Å². The van der Waals surface area contributed by atoms with Gasteiger partial charge in [0.05, 0.1) is 5.52 Å². The first kappa shape index (κ1) is 9.22. The van der Waals surface area contributed by atoms with Crippen LogP contribution in [0.4, 0.5) is 0 Å². The number of hydrogen-bond donors (Lipinski definition) is 1. The number of primary amides is 1. The Kier molecular flexibility index (Phi) is 2.34. The second kappa shape index (κ2) is 3.81. The Morgan fingerprint density at radius 1 is 1.27 bits per heavy atom. The molecule has 72 valence electrons. The Hall–Kier alpha value is -2.34. The van der Waals surface area contributed by atoms with Crippen molar-refractivity contribution in [3.05, 3.63) is 42.1 Å². The molecule has 1 amide bonds.